The summed E-state index contributed by atoms with van der Waals surface area (Å²) >= 11 is 0. The van der Waals surface area contributed by atoms with Crippen molar-refractivity contribution in [2.75, 3.05) is 24.5 Å². The average Bonchev–Trinajstić information content (AvgIpc) is 3.02. The van der Waals surface area contributed by atoms with Crippen molar-refractivity contribution in [3.05, 3.63) is 65.5 Å². The van der Waals surface area contributed by atoms with Crippen LogP contribution < -0.4 is 10.2 Å². The summed E-state index contributed by atoms with van der Waals surface area (Å²) in [4.78, 5) is 58.3. The van der Waals surface area contributed by atoms with Gasteiger partial charge in [-0.25, -0.2) is 4.39 Å². The molecule has 4 rings (SSSR count). The SMILES string of the molecule is CC(=O)N1CCC(C(=O)N2Cc3ccccc3N(CC(C)(C)C)C(=O)C2CC(=O)NCc2ccccc2F)CC1. The summed E-state index contributed by atoms with van der Waals surface area (Å²) in [7, 11) is 0. The first-order chi connectivity index (χ1) is 18.9. The second-order valence-corrected chi connectivity index (χ2v) is 11.9. The zero-order chi connectivity index (χ0) is 29.0. The Hall–Kier alpha value is -3.75. The largest absolute Gasteiger partial charge is 0.352 e. The van der Waals surface area contributed by atoms with Gasteiger partial charge in [0.25, 0.3) is 0 Å². The van der Waals surface area contributed by atoms with Crippen molar-refractivity contribution in [2.45, 2.75) is 66.1 Å². The van der Waals surface area contributed by atoms with Crippen LogP contribution >= 0.6 is 0 Å². The van der Waals surface area contributed by atoms with Gasteiger partial charge in [-0.1, -0.05) is 57.2 Å². The number of fused-ring (bicyclic) bond motifs is 1. The molecule has 1 saturated heterocycles. The fourth-order valence-corrected chi connectivity index (χ4v) is 5.46. The van der Waals surface area contributed by atoms with Crippen molar-refractivity contribution in [3.8, 4) is 0 Å². The lowest BCUT2D eigenvalue weighted by atomic mass is 9.93. The van der Waals surface area contributed by atoms with E-state index in [1.165, 1.54) is 13.0 Å². The summed E-state index contributed by atoms with van der Waals surface area (Å²) in [5.41, 5.74) is 1.68. The molecule has 1 fully saturated rings. The van der Waals surface area contributed by atoms with E-state index in [9.17, 15) is 23.6 Å². The molecule has 0 bridgehead atoms. The van der Waals surface area contributed by atoms with Crippen LogP contribution in [0.5, 0.6) is 0 Å². The van der Waals surface area contributed by atoms with Gasteiger partial charge in [-0.15, -0.1) is 0 Å². The summed E-state index contributed by atoms with van der Waals surface area (Å²) in [6, 6.07) is 12.7. The Morgan fingerprint density at radius 3 is 2.30 bits per heavy atom. The second-order valence-electron chi connectivity index (χ2n) is 11.9. The van der Waals surface area contributed by atoms with E-state index >= 15 is 0 Å². The van der Waals surface area contributed by atoms with Gasteiger partial charge in [0.1, 0.15) is 11.9 Å². The number of hydrogen-bond donors (Lipinski definition) is 1. The number of piperidine rings is 1. The van der Waals surface area contributed by atoms with Crippen LogP contribution in [0.25, 0.3) is 0 Å². The highest BCUT2D eigenvalue weighted by Gasteiger charge is 2.42. The first kappa shape index (κ1) is 29.2. The summed E-state index contributed by atoms with van der Waals surface area (Å²) in [5, 5.41) is 2.74. The summed E-state index contributed by atoms with van der Waals surface area (Å²) < 4.78 is 14.1. The van der Waals surface area contributed by atoms with Gasteiger partial charge in [0.15, 0.2) is 0 Å². The van der Waals surface area contributed by atoms with Crippen molar-refractivity contribution in [1.29, 1.82) is 0 Å². The number of para-hydroxylation sites is 1. The minimum absolute atomic E-state index is 0.0181. The third-order valence-corrected chi connectivity index (χ3v) is 7.57. The van der Waals surface area contributed by atoms with Gasteiger partial charge in [0, 0.05) is 56.8 Å². The van der Waals surface area contributed by atoms with Gasteiger partial charge in [-0.2, -0.15) is 0 Å². The van der Waals surface area contributed by atoms with E-state index in [0.717, 1.165) is 11.3 Å². The monoisotopic (exact) mass is 550 g/mol. The van der Waals surface area contributed by atoms with Crippen LogP contribution in [-0.2, 0) is 32.3 Å². The maximum atomic E-state index is 14.2. The molecule has 1 N–H and O–H groups in total. The molecule has 2 aromatic rings. The van der Waals surface area contributed by atoms with E-state index in [1.807, 2.05) is 45.0 Å². The van der Waals surface area contributed by atoms with Gasteiger partial charge in [0.05, 0.1) is 6.42 Å². The maximum absolute atomic E-state index is 14.2. The van der Waals surface area contributed by atoms with Gasteiger partial charge in [-0.05, 0) is 36.0 Å². The fourth-order valence-electron chi connectivity index (χ4n) is 5.46. The molecule has 2 aliphatic heterocycles. The van der Waals surface area contributed by atoms with E-state index in [0.29, 0.717) is 38.0 Å². The van der Waals surface area contributed by atoms with Crippen molar-refractivity contribution in [3.63, 3.8) is 0 Å². The number of carbonyl (C=O) groups is 4. The molecule has 0 saturated carbocycles. The minimum Gasteiger partial charge on any atom is -0.352 e. The zero-order valence-electron chi connectivity index (χ0n) is 23.8. The Balaban J connectivity index is 1.63. The smallest absolute Gasteiger partial charge is 0.250 e. The first-order valence-corrected chi connectivity index (χ1v) is 13.9. The van der Waals surface area contributed by atoms with Crippen LogP contribution in [-0.4, -0.2) is 59.1 Å². The van der Waals surface area contributed by atoms with Crippen molar-refractivity contribution in [2.24, 2.45) is 11.3 Å². The standard InChI is InChI=1S/C31H39FN4O4/c1-21(37)34-15-13-22(14-16-34)29(39)35-19-24-10-6-8-12-26(24)36(20-31(2,3)4)30(40)27(35)17-28(38)33-18-23-9-5-7-11-25(23)32/h5-12,22,27H,13-20H2,1-4H3,(H,33,38). The van der Waals surface area contributed by atoms with Crippen LogP contribution in [0.1, 0.15) is 58.1 Å². The van der Waals surface area contributed by atoms with Gasteiger partial charge in [0.2, 0.25) is 23.6 Å². The number of amides is 4. The lowest BCUT2D eigenvalue weighted by Crippen LogP contribution is -2.54. The van der Waals surface area contributed by atoms with Gasteiger partial charge < -0.3 is 20.0 Å². The quantitative estimate of drug-likeness (QED) is 0.591. The van der Waals surface area contributed by atoms with Crippen LogP contribution in [0.15, 0.2) is 48.5 Å². The van der Waals surface area contributed by atoms with Crippen LogP contribution in [0.4, 0.5) is 10.1 Å². The van der Waals surface area contributed by atoms with E-state index in [2.05, 4.69) is 5.32 Å². The number of rotatable bonds is 6. The molecule has 214 valence electrons. The molecule has 1 atom stereocenters. The third-order valence-electron chi connectivity index (χ3n) is 7.57. The van der Waals surface area contributed by atoms with Crippen molar-refractivity contribution < 1.29 is 23.6 Å². The molecule has 1 unspecified atom stereocenters. The molecule has 2 aromatic carbocycles. The highest BCUT2D eigenvalue weighted by Crippen LogP contribution is 2.33. The lowest BCUT2D eigenvalue weighted by Gasteiger charge is -2.37. The van der Waals surface area contributed by atoms with Crippen LogP contribution in [0, 0.1) is 17.2 Å². The topological polar surface area (TPSA) is 90.0 Å². The summed E-state index contributed by atoms with van der Waals surface area (Å²) in [6.07, 6.45) is 0.769. The number of anilines is 1. The Labute approximate surface area is 235 Å². The molecule has 4 amide bonds. The normalized spacial score (nSPS) is 18.3. The molecular weight excluding hydrogens is 511 g/mol. The van der Waals surface area contributed by atoms with E-state index in [-0.39, 0.29) is 48.6 Å². The molecule has 0 spiro atoms. The van der Waals surface area contributed by atoms with Crippen molar-refractivity contribution >= 4 is 29.3 Å². The van der Waals surface area contributed by atoms with E-state index in [4.69, 9.17) is 0 Å². The molecule has 8 nitrogen and oxygen atoms in total. The van der Waals surface area contributed by atoms with Crippen LogP contribution in [0.3, 0.4) is 0 Å². The molecule has 2 heterocycles. The van der Waals surface area contributed by atoms with Gasteiger partial charge >= 0.3 is 0 Å². The Morgan fingerprint density at radius 1 is 1.00 bits per heavy atom. The summed E-state index contributed by atoms with van der Waals surface area (Å²) in [6.45, 7) is 9.18. The lowest BCUT2D eigenvalue weighted by molar-refractivity contribution is -0.147. The molecule has 0 radical (unpaired) electrons. The van der Waals surface area contributed by atoms with Crippen molar-refractivity contribution in [1.82, 2.24) is 15.1 Å². The third kappa shape index (κ3) is 6.87. The summed E-state index contributed by atoms with van der Waals surface area (Å²) in [5.74, 6) is -1.73. The number of hydrogen-bond acceptors (Lipinski definition) is 4. The second kappa shape index (κ2) is 12.2. The number of benzene rings is 2. The zero-order valence-corrected chi connectivity index (χ0v) is 23.8. The maximum Gasteiger partial charge on any atom is 0.250 e. The van der Waals surface area contributed by atoms with E-state index < -0.39 is 17.8 Å². The Bertz CT molecular complexity index is 1270. The Morgan fingerprint density at radius 2 is 1.65 bits per heavy atom. The molecule has 0 aliphatic carbocycles. The number of likely N-dealkylation sites (tertiary alicyclic amines) is 1. The number of nitrogens with one attached hydrogen (secondary N) is 1. The first-order valence-electron chi connectivity index (χ1n) is 13.9. The predicted octanol–water partition coefficient (Wildman–Crippen LogP) is 3.88. The molecule has 9 heteroatoms. The molecule has 2 aliphatic rings. The van der Waals surface area contributed by atoms with E-state index in [1.54, 1.807) is 32.9 Å². The molecule has 40 heavy (non-hydrogen) atoms. The highest BCUT2D eigenvalue weighted by atomic mass is 19.1. The fraction of sp³-hybridized carbons (Fsp3) is 0.484. The minimum atomic E-state index is -1.02. The Kier molecular flexibility index (Phi) is 8.91. The highest BCUT2D eigenvalue weighted by molar-refractivity contribution is 6.03. The average molecular weight is 551 g/mol. The number of nitrogens with zero attached hydrogens (tertiary/aromatic N) is 3. The predicted molar refractivity (Wildman–Crippen MR) is 150 cm³/mol. The van der Waals surface area contributed by atoms with Crippen LogP contribution in [0.2, 0.25) is 0 Å². The molecule has 0 aromatic heterocycles. The number of halogens is 1. The van der Waals surface area contributed by atoms with Gasteiger partial charge in [-0.3, -0.25) is 19.2 Å². The number of carbonyl (C=O) groups excluding carboxylic acids is 4. The molecular formula is C31H39FN4O4.